The van der Waals surface area contributed by atoms with Crippen LogP contribution in [-0.2, 0) is 17.8 Å². The summed E-state index contributed by atoms with van der Waals surface area (Å²) >= 11 is 0. The second-order valence-corrected chi connectivity index (χ2v) is 4.72. The molecule has 2 rings (SSSR count). The maximum Gasteiger partial charge on any atom is 0.219 e. The van der Waals surface area contributed by atoms with Crippen LogP contribution in [0.3, 0.4) is 0 Å². The minimum absolute atomic E-state index is 0.576. The first-order valence-electron chi connectivity index (χ1n) is 7.16. The molecule has 114 valence electrons. The molecular formula is C15H22N4O2. The fraction of sp³-hybridized carbons (Fsp3) is 0.467. The quantitative estimate of drug-likeness (QED) is 0.718. The van der Waals surface area contributed by atoms with Gasteiger partial charge in [0.05, 0.1) is 19.0 Å². The fourth-order valence-electron chi connectivity index (χ4n) is 1.85. The van der Waals surface area contributed by atoms with Gasteiger partial charge >= 0.3 is 0 Å². The summed E-state index contributed by atoms with van der Waals surface area (Å²) in [4.78, 5) is 4.30. The van der Waals surface area contributed by atoms with Crippen molar-refractivity contribution >= 4 is 0 Å². The lowest BCUT2D eigenvalue weighted by Gasteiger charge is -2.05. The molecule has 2 aromatic rings. The van der Waals surface area contributed by atoms with Crippen molar-refractivity contribution in [3.8, 4) is 11.6 Å². The highest BCUT2D eigenvalue weighted by Gasteiger charge is 2.02. The SMILES string of the molecule is CCCn1cc(Oc2ccc(CNCCOC)cn2)cn1. The van der Waals surface area contributed by atoms with Gasteiger partial charge in [0.25, 0.3) is 0 Å². The summed E-state index contributed by atoms with van der Waals surface area (Å²) in [6, 6.07) is 3.86. The molecule has 0 atom stereocenters. The number of ether oxygens (including phenoxy) is 2. The largest absolute Gasteiger partial charge is 0.436 e. The molecule has 2 aromatic heterocycles. The second kappa shape index (κ2) is 8.39. The molecule has 0 aromatic carbocycles. The molecular weight excluding hydrogens is 268 g/mol. The van der Waals surface area contributed by atoms with E-state index in [9.17, 15) is 0 Å². The van der Waals surface area contributed by atoms with Gasteiger partial charge in [0.1, 0.15) is 0 Å². The molecule has 2 heterocycles. The summed E-state index contributed by atoms with van der Waals surface area (Å²) in [5.74, 6) is 1.29. The number of pyridine rings is 1. The van der Waals surface area contributed by atoms with Crippen molar-refractivity contribution in [2.24, 2.45) is 0 Å². The minimum atomic E-state index is 0.576. The molecule has 0 aliphatic heterocycles. The average Bonchev–Trinajstić information content (AvgIpc) is 2.93. The van der Waals surface area contributed by atoms with E-state index in [1.807, 2.05) is 29.2 Å². The number of nitrogens with one attached hydrogen (secondary N) is 1. The lowest BCUT2D eigenvalue weighted by molar-refractivity contribution is 0.199. The van der Waals surface area contributed by atoms with Gasteiger partial charge in [0.2, 0.25) is 5.88 Å². The first-order chi connectivity index (χ1) is 10.3. The van der Waals surface area contributed by atoms with E-state index in [1.165, 1.54) is 0 Å². The van der Waals surface area contributed by atoms with Crippen molar-refractivity contribution in [2.45, 2.75) is 26.4 Å². The highest BCUT2D eigenvalue weighted by atomic mass is 16.5. The van der Waals surface area contributed by atoms with E-state index >= 15 is 0 Å². The Kier molecular flexibility index (Phi) is 6.18. The first kappa shape index (κ1) is 15.5. The molecule has 21 heavy (non-hydrogen) atoms. The van der Waals surface area contributed by atoms with Crippen LogP contribution in [0.5, 0.6) is 11.6 Å². The predicted octanol–water partition coefficient (Wildman–Crippen LogP) is 2.22. The lowest BCUT2D eigenvalue weighted by atomic mass is 10.3. The van der Waals surface area contributed by atoms with Crippen molar-refractivity contribution < 1.29 is 9.47 Å². The third-order valence-corrected chi connectivity index (χ3v) is 2.89. The van der Waals surface area contributed by atoms with Gasteiger partial charge < -0.3 is 14.8 Å². The van der Waals surface area contributed by atoms with Gasteiger partial charge in [-0.3, -0.25) is 4.68 Å². The molecule has 0 saturated carbocycles. The van der Waals surface area contributed by atoms with Crippen molar-refractivity contribution in [3.63, 3.8) is 0 Å². The van der Waals surface area contributed by atoms with E-state index in [0.29, 0.717) is 18.2 Å². The van der Waals surface area contributed by atoms with Crippen LogP contribution in [0.1, 0.15) is 18.9 Å². The van der Waals surface area contributed by atoms with Crippen LogP contribution < -0.4 is 10.1 Å². The molecule has 0 amide bonds. The van der Waals surface area contributed by atoms with Crippen LogP contribution >= 0.6 is 0 Å². The lowest BCUT2D eigenvalue weighted by Crippen LogP contribution is -2.18. The summed E-state index contributed by atoms with van der Waals surface area (Å²) in [5, 5.41) is 7.49. The van der Waals surface area contributed by atoms with Gasteiger partial charge in [-0.25, -0.2) is 4.98 Å². The van der Waals surface area contributed by atoms with E-state index < -0.39 is 0 Å². The van der Waals surface area contributed by atoms with Gasteiger partial charge in [-0.05, 0) is 12.0 Å². The molecule has 0 aliphatic rings. The van der Waals surface area contributed by atoms with Crippen LogP contribution in [0.4, 0.5) is 0 Å². The Morgan fingerprint density at radius 3 is 2.90 bits per heavy atom. The normalized spacial score (nSPS) is 10.8. The number of aryl methyl sites for hydroxylation is 1. The highest BCUT2D eigenvalue weighted by Crippen LogP contribution is 2.18. The van der Waals surface area contributed by atoms with Gasteiger partial charge in [0.15, 0.2) is 5.75 Å². The van der Waals surface area contributed by atoms with E-state index in [0.717, 1.165) is 31.6 Å². The van der Waals surface area contributed by atoms with Crippen molar-refractivity contribution in [2.75, 3.05) is 20.3 Å². The van der Waals surface area contributed by atoms with Gasteiger partial charge in [-0.15, -0.1) is 0 Å². The molecule has 0 saturated heterocycles. The average molecular weight is 290 g/mol. The fourth-order valence-corrected chi connectivity index (χ4v) is 1.85. The maximum absolute atomic E-state index is 5.67. The molecule has 0 fully saturated rings. The number of methoxy groups -OCH3 is 1. The standard InChI is InChI=1S/C15H22N4O2/c1-3-7-19-12-14(11-18-19)21-15-5-4-13(10-17-15)9-16-6-8-20-2/h4-5,10-12,16H,3,6-9H2,1-2H3. The number of aromatic nitrogens is 3. The molecule has 1 N–H and O–H groups in total. The Bertz CT molecular complexity index is 525. The van der Waals surface area contributed by atoms with E-state index in [4.69, 9.17) is 9.47 Å². The summed E-state index contributed by atoms with van der Waals surface area (Å²) in [6.07, 6.45) is 6.44. The van der Waals surface area contributed by atoms with Crippen LogP contribution in [0.2, 0.25) is 0 Å². The smallest absolute Gasteiger partial charge is 0.219 e. The van der Waals surface area contributed by atoms with E-state index in [2.05, 4.69) is 22.3 Å². The highest BCUT2D eigenvalue weighted by molar-refractivity contribution is 5.23. The second-order valence-electron chi connectivity index (χ2n) is 4.72. The Hall–Kier alpha value is -1.92. The third kappa shape index (κ3) is 5.17. The molecule has 0 radical (unpaired) electrons. The zero-order chi connectivity index (χ0) is 14.9. The van der Waals surface area contributed by atoms with Crippen LogP contribution in [0.15, 0.2) is 30.7 Å². The first-order valence-corrected chi connectivity index (χ1v) is 7.16. The van der Waals surface area contributed by atoms with Gasteiger partial charge in [-0.2, -0.15) is 5.10 Å². The van der Waals surface area contributed by atoms with Crippen molar-refractivity contribution in [3.05, 3.63) is 36.3 Å². The molecule has 6 nitrogen and oxygen atoms in total. The van der Waals surface area contributed by atoms with Crippen LogP contribution in [0, 0.1) is 0 Å². The summed E-state index contributed by atoms with van der Waals surface area (Å²) in [7, 11) is 1.69. The Balaban J connectivity index is 1.83. The molecule has 0 unspecified atom stereocenters. The van der Waals surface area contributed by atoms with Crippen LogP contribution in [-0.4, -0.2) is 35.0 Å². The number of hydrogen-bond donors (Lipinski definition) is 1. The third-order valence-electron chi connectivity index (χ3n) is 2.89. The van der Waals surface area contributed by atoms with E-state index in [-0.39, 0.29) is 0 Å². The summed E-state index contributed by atoms with van der Waals surface area (Å²) in [5.41, 5.74) is 1.11. The Morgan fingerprint density at radius 1 is 1.29 bits per heavy atom. The molecule has 0 bridgehead atoms. The maximum atomic E-state index is 5.67. The van der Waals surface area contributed by atoms with Crippen molar-refractivity contribution in [1.29, 1.82) is 0 Å². The predicted molar refractivity (Wildman–Crippen MR) is 80.4 cm³/mol. The number of rotatable bonds is 9. The number of hydrogen-bond acceptors (Lipinski definition) is 5. The molecule has 6 heteroatoms. The zero-order valence-corrected chi connectivity index (χ0v) is 12.6. The monoisotopic (exact) mass is 290 g/mol. The summed E-state index contributed by atoms with van der Waals surface area (Å²) < 4.78 is 12.5. The van der Waals surface area contributed by atoms with Gasteiger partial charge in [0, 0.05) is 39.0 Å². The van der Waals surface area contributed by atoms with Gasteiger partial charge in [-0.1, -0.05) is 13.0 Å². The Labute approximate surface area is 125 Å². The minimum Gasteiger partial charge on any atom is -0.436 e. The van der Waals surface area contributed by atoms with E-state index in [1.54, 1.807) is 13.3 Å². The molecule has 0 spiro atoms. The van der Waals surface area contributed by atoms with Crippen molar-refractivity contribution in [1.82, 2.24) is 20.1 Å². The zero-order valence-electron chi connectivity index (χ0n) is 12.6. The Morgan fingerprint density at radius 2 is 2.19 bits per heavy atom. The van der Waals surface area contributed by atoms with Crippen LogP contribution in [0.25, 0.3) is 0 Å². The summed E-state index contributed by atoms with van der Waals surface area (Å²) in [6.45, 7) is 5.30. The topological polar surface area (TPSA) is 61.2 Å². The molecule has 0 aliphatic carbocycles. The number of nitrogens with zero attached hydrogens (tertiary/aromatic N) is 3.